The van der Waals surface area contributed by atoms with Gasteiger partial charge in [0.15, 0.2) is 0 Å². The van der Waals surface area contributed by atoms with E-state index in [4.69, 9.17) is 11.6 Å². The number of carbonyl (C=O) groups excluding carboxylic acids is 1. The van der Waals surface area contributed by atoms with Crippen LogP contribution in [0.3, 0.4) is 0 Å². The van der Waals surface area contributed by atoms with Crippen LogP contribution in [0.1, 0.15) is 35.0 Å². The van der Waals surface area contributed by atoms with Gasteiger partial charge >= 0.3 is 0 Å². The fraction of sp³-hybridized carbons (Fsp3) is 0.615. The first kappa shape index (κ1) is 13.8. The van der Waals surface area contributed by atoms with Crippen molar-refractivity contribution in [3.63, 3.8) is 0 Å². The molecule has 3 nitrogen and oxygen atoms in total. The minimum atomic E-state index is 0.0642. The molecule has 0 saturated carbocycles. The monoisotopic (exact) mass is 286 g/mol. The van der Waals surface area contributed by atoms with Gasteiger partial charge in [-0.15, -0.1) is 11.3 Å². The zero-order valence-electron chi connectivity index (χ0n) is 10.8. The summed E-state index contributed by atoms with van der Waals surface area (Å²) in [5.41, 5.74) is 0.986. The van der Waals surface area contributed by atoms with E-state index >= 15 is 0 Å². The number of nitrogens with one attached hydrogen (secondary N) is 1. The molecule has 1 aliphatic heterocycles. The Morgan fingerprint density at radius 2 is 2.44 bits per heavy atom. The highest BCUT2D eigenvalue weighted by molar-refractivity contribution is 7.13. The highest BCUT2D eigenvalue weighted by Crippen LogP contribution is 2.28. The van der Waals surface area contributed by atoms with E-state index in [2.05, 4.69) is 5.32 Å². The molecule has 0 aliphatic carbocycles. The van der Waals surface area contributed by atoms with Crippen LogP contribution in [-0.4, -0.2) is 36.5 Å². The minimum absolute atomic E-state index is 0.0642. The van der Waals surface area contributed by atoms with Gasteiger partial charge < -0.3 is 10.2 Å². The van der Waals surface area contributed by atoms with Gasteiger partial charge in [0.25, 0.3) is 5.91 Å². The summed E-state index contributed by atoms with van der Waals surface area (Å²) in [6.07, 6.45) is 2.36. The first-order chi connectivity index (χ1) is 8.63. The summed E-state index contributed by atoms with van der Waals surface area (Å²) in [4.78, 5) is 15.0. The fourth-order valence-corrected chi connectivity index (χ4v) is 3.49. The number of hydrogen-bond donors (Lipinski definition) is 1. The molecule has 2 rings (SSSR count). The van der Waals surface area contributed by atoms with Crippen LogP contribution in [0.25, 0.3) is 0 Å². The van der Waals surface area contributed by atoms with Crippen molar-refractivity contribution in [1.29, 1.82) is 0 Å². The summed E-state index contributed by atoms with van der Waals surface area (Å²) >= 11 is 7.61. The van der Waals surface area contributed by atoms with Crippen molar-refractivity contribution in [2.24, 2.45) is 0 Å². The van der Waals surface area contributed by atoms with E-state index < -0.39 is 0 Å². The van der Waals surface area contributed by atoms with E-state index in [0.717, 1.165) is 31.6 Å². The maximum atomic E-state index is 12.4. The van der Waals surface area contributed by atoms with Crippen LogP contribution in [0.5, 0.6) is 0 Å². The molecule has 1 unspecified atom stereocenters. The Balaban J connectivity index is 2.07. The zero-order valence-corrected chi connectivity index (χ0v) is 12.4. The molecule has 1 aliphatic rings. The molecule has 1 amide bonds. The van der Waals surface area contributed by atoms with Gasteiger partial charge in [0.2, 0.25) is 0 Å². The van der Waals surface area contributed by atoms with E-state index in [9.17, 15) is 4.79 Å². The van der Waals surface area contributed by atoms with Gasteiger partial charge in [-0.2, -0.15) is 0 Å². The van der Waals surface area contributed by atoms with Gasteiger partial charge in [0.05, 0.1) is 5.02 Å². The summed E-state index contributed by atoms with van der Waals surface area (Å²) in [7, 11) is 0. The number of aryl methyl sites for hydroxylation is 1. The Kier molecular flexibility index (Phi) is 4.65. The molecule has 0 aromatic carbocycles. The van der Waals surface area contributed by atoms with Gasteiger partial charge in [0, 0.05) is 19.1 Å². The Morgan fingerprint density at radius 3 is 2.94 bits per heavy atom. The summed E-state index contributed by atoms with van der Waals surface area (Å²) in [5, 5.41) is 5.98. The molecule has 5 heteroatoms. The highest BCUT2D eigenvalue weighted by atomic mass is 35.5. The van der Waals surface area contributed by atoms with Crippen molar-refractivity contribution < 1.29 is 4.79 Å². The Hall–Kier alpha value is -0.580. The number of likely N-dealkylation sites (N-methyl/N-ethyl adjacent to an activating group) is 1. The number of carbonyl (C=O) groups is 1. The predicted octanol–water partition coefficient (Wildman–Crippen LogP) is 2.92. The molecular weight excluding hydrogens is 268 g/mol. The van der Waals surface area contributed by atoms with Crippen LogP contribution in [0.4, 0.5) is 0 Å². The summed E-state index contributed by atoms with van der Waals surface area (Å²) < 4.78 is 0. The van der Waals surface area contributed by atoms with Crippen LogP contribution < -0.4 is 5.32 Å². The first-order valence-electron chi connectivity index (χ1n) is 6.39. The van der Waals surface area contributed by atoms with Gasteiger partial charge in [-0.3, -0.25) is 4.79 Å². The predicted molar refractivity (Wildman–Crippen MR) is 76.7 cm³/mol. The number of amides is 1. The molecule has 1 atom stereocenters. The summed E-state index contributed by atoms with van der Waals surface area (Å²) in [5.74, 6) is 0.0642. The van der Waals surface area contributed by atoms with Crippen molar-refractivity contribution in [2.75, 3.05) is 19.6 Å². The van der Waals surface area contributed by atoms with E-state index in [1.807, 2.05) is 24.1 Å². The Labute approximate surface area is 117 Å². The van der Waals surface area contributed by atoms with E-state index in [0.29, 0.717) is 15.9 Å². The number of rotatable bonds is 4. The van der Waals surface area contributed by atoms with Crippen LogP contribution in [0.15, 0.2) is 5.38 Å². The number of halogens is 1. The van der Waals surface area contributed by atoms with Gasteiger partial charge in [-0.1, -0.05) is 11.6 Å². The number of hydrogen-bond acceptors (Lipinski definition) is 3. The van der Waals surface area contributed by atoms with Crippen LogP contribution in [0.2, 0.25) is 5.02 Å². The van der Waals surface area contributed by atoms with Crippen LogP contribution in [-0.2, 0) is 0 Å². The lowest BCUT2D eigenvalue weighted by Crippen LogP contribution is -2.40. The molecule has 1 aromatic rings. The molecule has 100 valence electrons. The fourth-order valence-electron chi connectivity index (χ4n) is 2.25. The van der Waals surface area contributed by atoms with E-state index in [-0.39, 0.29) is 5.91 Å². The average molecular weight is 287 g/mol. The molecule has 1 fully saturated rings. The topological polar surface area (TPSA) is 32.3 Å². The first-order valence-corrected chi connectivity index (χ1v) is 7.65. The third-order valence-corrected chi connectivity index (χ3v) is 5.05. The smallest absolute Gasteiger partial charge is 0.265 e. The molecule has 1 N–H and O–H groups in total. The summed E-state index contributed by atoms with van der Waals surface area (Å²) in [6.45, 7) is 6.52. The van der Waals surface area contributed by atoms with Crippen LogP contribution in [0, 0.1) is 6.92 Å². The Bertz CT molecular complexity index is 427. The minimum Gasteiger partial charge on any atom is -0.337 e. The molecule has 2 heterocycles. The van der Waals surface area contributed by atoms with Gasteiger partial charge in [-0.25, -0.2) is 0 Å². The SMILES string of the molecule is CCN(CC1CCCN1)C(=O)c1scc(C)c1Cl. The highest BCUT2D eigenvalue weighted by Gasteiger charge is 2.24. The molecule has 18 heavy (non-hydrogen) atoms. The second-order valence-electron chi connectivity index (χ2n) is 4.70. The normalized spacial score (nSPS) is 19.2. The quantitative estimate of drug-likeness (QED) is 0.923. The van der Waals surface area contributed by atoms with Crippen molar-refractivity contribution in [3.8, 4) is 0 Å². The molecule has 0 spiro atoms. The molecule has 1 aromatic heterocycles. The third-order valence-electron chi connectivity index (χ3n) is 3.37. The molecular formula is C13H19ClN2OS. The lowest BCUT2D eigenvalue weighted by Gasteiger charge is -2.24. The molecule has 1 saturated heterocycles. The standard InChI is InChI=1S/C13H19ClN2OS/c1-3-16(7-10-5-4-6-15-10)13(17)12-11(14)9(2)8-18-12/h8,10,15H,3-7H2,1-2H3. The maximum Gasteiger partial charge on any atom is 0.265 e. The second kappa shape index (κ2) is 6.04. The maximum absolute atomic E-state index is 12.4. The third kappa shape index (κ3) is 2.87. The average Bonchev–Trinajstić information content (AvgIpc) is 2.98. The largest absolute Gasteiger partial charge is 0.337 e. The van der Waals surface area contributed by atoms with Gasteiger partial charge in [-0.05, 0) is 44.2 Å². The number of thiophene rings is 1. The molecule has 0 bridgehead atoms. The van der Waals surface area contributed by atoms with Crippen molar-refractivity contribution in [3.05, 3.63) is 20.8 Å². The zero-order chi connectivity index (χ0) is 13.1. The van der Waals surface area contributed by atoms with Crippen molar-refractivity contribution >= 4 is 28.8 Å². The second-order valence-corrected chi connectivity index (χ2v) is 5.96. The van der Waals surface area contributed by atoms with Gasteiger partial charge in [0.1, 0.15) is 4.88 Å². The lowest BCUT2D eigenvalue weighted by molar-refractivity contribution is 0.0756. The van der Waals surface area contributed by atoms with Crippen LogP contribution >= 0.6 is 22.9 Å². The lowest BCUT2D eigenvalue weighted by atomic mass is 10.2. The number of nitrogens with zero attached hydrogens (tertiary/aromatic N) is 1. The Morgan fingerprint density at radius 1 is 1.67 bits per heavy atom. The van der Waals surface area contributed by atoms with Crippen molar-refractivity contribution in [1.82, 2.24) is 10.2 Å². The van der Waals surface area contributed by atoms with E-state index in [1.54, 1.807) is 0 Å². The molecule has 0 radical (unpaired) electrons. The van der Waals surface area contributed by atoms with Crippen molar-refractivity contribution in [2.45, 2.75) is 32.7 Å². The van der Waals surface area contributed by atoms with E-state index in [1.165, 1.54) is 17.8 Å². The summed E-state index contributed by atoms with van der Waals surface area (Å²) in [6, 6.07) is 0.439.